The van der Waals surface area contributed by atoms with Crippen LogP contribution in [-0.4, -0.2) is 42.5 Å². The third-order valence-corrected chi connectivity index (χ3v) is 3.52. The van der Waals surface area contributed by atoms with Gasteiger partial charge < -0.3 is 10.4 Å². The number of anilines is 2. The Labute approximate surface area is 121 Å². The summed E-state index contributed by atoms with van der Waals surface area (Å²) in [6, 6.07) is 1.78. The number of aliphatic hydroxyl groups is 1. The Morgan fingerprint density at radius 1 is 1.29 bits per heavy atom. The highest BCUT2D eigenvalue weighted by molar-refractivity contribution is 5.36. The third-order valence-electron chi connectivity index (χ3n) is 3.52. The van der Waals surface area contributed by atoms with E-state index in [9.17, 15) is 5.11 Å². The molecule has 1 aliphatic carbocycles. The number of hydrazine groups is 1. The van der Waals surface area contributed by atoms with Gasteiger partial charge in [-0.25, -0.2) is 10.5 Å². The van der Waals surface area contributed by atoms with E-state index in [-0.39, 0.29) is 12.1 Å². The van der Waals surface area contributed by atoms with Crippen LogP contribution >= 0.6 is 0 Å². The van der Waals surface area contributed by atoms with Crippen LogP contribution in [0.1, 0.15) is 19.3 Å². The number of rotatable bonds is 5. The van der Waals surface area contributed by atoms with Crippen molar-refractivity contribution in [3.05, 3.63) is 18.5 Å². The van der Waals surface area contributed by atoms with Crippen molar-refractivity contribution in [1.82, 2.24) is 24.7 Å². The Hall–Kier alpha value is -2.26. The summed E-state index contributed by atoms with van der Waals surface area (Å²) in [6.07, 6.45) is 5.88. The minimum Gasteiger partial charge on any atom is -0.393 e. The second kappa shape index (κ2) is 6.02. The van der Waals surface area contributed by atoms with E-state index in [1.54, 1.807) is 18.5 Å². The largest absolute Gasteiger partial charge is 0.393 e. The average molecular weight is 290 g/mol. The second-order valence-corrected chi connectivity index (χ2v) is 5.09. The van der Waals surface area contributed by atoms with Gasteiger partial charge in [0.25, 0.3) is 5.95 Å². The maximum Gasteiger partial charge on any atom is 0.257 e. The Bertz CT molecular complexity index is 587. The molecule has 0 spiro atoms. The van der Waals surface area contributed by atoms with Crippen molar-refractivity contribution < 1.29 is 5.11 Å². The molecule has 2 atom stereocenters. The van der Waals surface area contributed by atoms with E-state index < -0.39 is 0 Å². The fourth-order valence-electron chi connectivity index (χ4n) is 2.47. The highest BCUT2D eigenvalue weighted by atomic mass is 16.3. The van der Waals surface area contributed by atoms with Gasteiger partial charge in [-0.1, -0.05) is 0 Å². The van der Waals surface area contributed by atoms with E-state index in [0.29, 0.717) is 24.4 Å². The van der Waals surface area contributed by atoms with Crippen molar-refractivity contribution in [3.63, 3.8) is 0 Å². The molecule has 5 N–H and O–H groups in total. The minimum absolute atomic E-state index is 0.184. The molecule has 0 aromatic carbocycles. The van der Waals surface area contributed by atoms with Crippen molar-refractivity contribution in [2.75, 3.05) is 17.3 Å². The SMILES string of the molecule is NNc1nc(NCC2CCC(O)C2)nc(-n2cccn2)n1. The number of aromatic nitrogens is 5. The van der Waals surface area contributed by atoms with E-state index in [1.165, 1.54) is 4.68 Å². The van der Waals surface area contributed by atoms with Crippen molar-refractivity contribution in [3.8, 4) is 5.95 Å². The number of nitrogens with one attached hydrogen (secondary N) is 2. The lowest BCUT2D eigenvalue weighted by Crippen LogP contribution is -2.18. The Morgan fingerprint density at radius 3 is 2.81 bits per heavy atom. The van der Waals surface area contributed by atoms with Crippen LogP contribution in [-0.2, 0) is 0 Å². The molecule has 2 unspecified atom stereocenters. The van der Waals surface area contributed by atoms with Gasteiger partial charge in [-0.15, -0.1) is 0 Å². The minimum atomic E-state index is -0.184. The lowest BCUT2D eigenvalue weighted by Gasteiger charge is -2.12. The van der Waals surface area contributed by atoms with Gasteiger partial charge in [0.15, 0.2) is 0 Å². The number of nitrogens with zero attached hydrogens (tertiary/aromatic N) is 5. The molecule has 0 aliphatic heterocycles. The molecule has 0 saturated heterocycles. The molecular weight excluding hydrogens is 272 g/mol. The van der Waals surface area contributed by atoms with Crippen molar-refractivity contribution in [2.45, 2.75) is 25.4 Å². The lowest BCUT2D eigenvalue weighted by molar-refractivity contribution is 0.178. The fraction of sp³-hybridized carbons (Fsp3) is 0.500. The van der Waals surface area contributed by atoms with Crippen LogP contribution in [0.3, 0.4) is 0 Å². The van der Waals surface area contributed by atoms with Crippen LogP contribution in [0.2, 0.25) is 0 Å². The van der Waals surface area contributed by atoms with E-state index >= 15 is 0 Å². The standard InChI is InChI=1S/C12H18N8O/c13-19-11-16-10(14-7-8-2-3-9(21)6-8)17-12(18-11)20-5-1-4-15-20/h1,4-5,8-9,21H,2-3,6-7,13H2,(H2,14,16,17,18,19). The molecule has 2 aromatic heterocycles. The van der Waals surface area contributed by atoms with Gasteiger partial charge >= 0.3 is 0 Å². The summed E-state index contributed by atoms with van der Waals surface area (Å²) in [5, 5.41) is 16.8. The normalized spacial score (nSPS) is 21.4. The van der Waals surface area contributed by atoms with E-state index in [4.69, 9.17) is 5.84 Å². The van der Waals surface area contributed by atoms with Gasteiger partial charge in [0.2, 0.25) is 11.9 Å². The number of aliphatic hydroxyl groups excluding tert-OH is 1. The second-order valence-electron chi connectivity index (χ2n) is 5.09. The zero-order valence-electron chi connectivity index (χ0n) is 11.5. The molecule has 3 rings (SSSR count). The summed E-state index contributed by atoms with van der Waals surface area (Å²) in [5.41, 5.74) is 2.42. The van der Waals surface area contributed by atoms with Gasteiger partial charge in [-0.3, -0.25) is 5.43 Å². The molecule has 1 saturated carbocycles. The average Bonchev–Trinajstić information content (AvgIpc) is 3.16. The zero-order valence-corrected chi connectivity index (χ0v) is 11.5. The molecule has 9 nitrogen and oxygen atoms in total. The summed E-state index contributed by atoms with van der Waals surface area (Å²) in [6.45, 7) is 0.712. The Morgan fingerprint density at radius 2 is 2.14 bits per heavy atom. The van der Waals surface area contributed by atoms with E-state index in [2.05, 4.69) is 30.8 Å². The summed E-state index contributed by atoms with van der Waals surface area (Å²) in [7, 11) is 0. The first-order valence-electron chi connectivity index (χ1n) is 6.89. The Balaban J connectivity index is 1.73. The predicted molar refractivity (Wildman–Crippen MR) is 76.6 cm³/mol. The quantitative estimate of drug-likeness (QED) is 0.444. The molecule has 21 heavy (non-hydrogen) atoms. The number of nitrogens with two attached hydrogens (primary N) is 1. The Kier molecular flexibility index (Phi) is 3.93. The van der Waals surface area contributed by atoms with Crippen molar-refractivity contribution >= 4 is 11.9 Å². The first-order chi connectivity index (χ1) is 10.2. The van der Waals surface area contributed by atoms with Gasteiger partial charge in [-0.2, -0.15) is 20.1 Å². The number of hydrogen-bond acceptors (Lipinski definition) is 8. The topological polar surface area (TPSA) is 127 Å². The van der Waals surface area contributed by atoms with Crippen LogP contribution in [0, 0.1) is 5.92 Å². The molecule has 2 aromatic rings. The molecule has 0 amide bonds. The van der Waals surface area contributed by atoms with Crippen molar-refractivity contribution in [1.29, 1.82) is 0 Å². The number of hydrogen-bond donors (Lipinski definition) is 4. The summed E-state index contributed by atoms with van der Waals surface area (Å²) >= 11 is 0. The third kappa shape index (κ3) is 3.26. The number of nitrogen functional groups attached to an aromatic ring is 1. The zero-order chi connectivity index (χ0) is 14.7. The van der Waals surface area contributed by atoms with E-state index in [1.807, 2.05) is 0 Å². The molecular formula is C12H18N8O. The van der Waals surface area contributed by atoms with Gasteiger partial charge in [0.05, 0.1) is 6.10 Å². The first-order valence-corrected chi connectivity index (χ1v) is 6.89. The van der Waals surface area contributed by atoms with Gasteiger partial charge in [0.1, 0.15) is 0 Å². The van der Waals surface area contributed by atoms with Crippen LogP contribution in [0.5, 0.6) is 0 Å². The molecule has 1 aliphatic rings. The van der Waals surface area contributed by atoms with Crippen LogP contribution in [0.4, 0.5) is 11.9 Å². The molecule has 0 radical (unpaired) electrons. The smallest absolute Gasteiger partial charge is 0.257 e. The fourth-order valence-corrected chi connectivity index (χ4v) is 2.47. The van der Waals surface area contributed by atoms with Crippen LogP contribution < -0.4 is 16.6 Å². The van der Waals surface area contributed by atoms with E-state index in [0.717, 1.165) is 19.3 Å². The van der Waals surface area contributed by atoms with Crippen molar-refractivity contribution in [2.24, 2.45) is 11.8 Å². The van der Waals surface area contributed by atoms with Gasteiger partial charge in [-0.05, 0) is 31.2 Å². The van der Waals surface area contributed by atoms with Crippen LogP contribution in [0.25, 0.3) is 5.95 Å². The molecule has 0 bridgehead atoms. The summed E-state index contributed by atoms with van der Waals surface area (Å²) in [4.78, 5) is 12.6. The molecule has 1 fully saturated rings. The summed E-state index contributed by atoms with van der Waals surface area (Å²) < 4.78 is 1.53. The first kappa shape index (κ1) is 13.7. The molecule has 2 heterocycles. The highest BCUT2D eigenvalue weighted by Gasteiger charge is 2.22. The lowest BCUT2D eigenvalue weighted by atomic mass is 10.1. The molecule has 112 valence electrons. The summed E-state index contributed by atoms with van der Waals surface area (Å²) in [5.74, 6) is 6.90. The molecule has 9 heteroatoms. The maximum absolute atomic E-state index is 9.54. The van der Waals surface area contributed by atoms with Crippen LogP contribution in [0.15, 0.2) is 18.5 Å². The highest BCUT2D eigenvalue weighted by Crippen LogP contribution is 2.25. The predicted octanol–water partition coefficient (Wildman–Crippen LogP) is -0.0842. The van der Waals surface area contributed by atoms with Gasteiger partial charge in [0, 0.05) is 18.9 Å². The monoisotopic (exact) mass is 290 g/mol. The maximum atomic E-state index is 9.54.